The van der Waals surface area contributed by atoms with Crippen molar-refractivity contribution in [3.63, 3.8) is 0 Å². The van der Waals surface area contributed by atoms with Gasteiger partial charge in [0.05, 0.1) is 6.54 Å². The van der Waals surface area contributed by atoms with Gasteiger partial charge in [-0.2, -0.15) is 5.10 Å². The van der Waals surface area contributed by atoms with Crippen LogP contribution in [0.5, 0.6) is 0 Å². The third kappa shape index (κ3) is 2.72. The summed E-state index contributed by atoms with van der Waals surface area (Å²) in [6.45, 7) is 5.24. The Kier molecular flexibility index (Phi) is 3.77. The Morgan fingerprint density at radius 2 is 2.00 bits per heavy atom. The fraction of sp³-hybridized carbons (Fsp3) is 0.474. The Hall–Kier alpha value is -1.94. The first-order valence-electron chi connectivity index (χ1n) is 8.62. The van der Waals surface area contributed by atoms with Crippen molar-refractivity contribution in [2.45, 2.75) is 57.8 Å². The van der Waals surface area contributed by atoms with Gasteiger partial charge in [0.2, 0.25) is 0 Å². The summed E-state index contributed by atoms with van der Waals surface area (Å²) in [5, 5.41) is 4.38. The molecule has 0 aliphatic carbocycles. The molecule has 0 spiro atoms. The summed E-state index contributed by atoms with van der Waals surface area (Å²) in [6, 6.07) is 12.4. The fourth-order valence-electron chi connectivity index (χ4n) is 4.01. The molecule has 4 nitrogen and oxygen atoms in total. The standard InChI is InChI=1S/C19H24N4/c1-14(2)23-19(20-13-21-23)12-22-17-8-9-18(22)11-16(10-17)15-6-4-3-5-7-15/h3-7,10,13-14,17-18H,8-9,11-12H2,1-2H3/t17-,18-/m1/s1. The van der Waals surface area contributed by atoms with Gasteiger partial charge in [-0.3, -0.25) is 4.90 Å². The van der Waals surface area contributed by atoms with Gasteiger partial charge in [-0.1, -0.05) is 36.4 Å². The minimum absolute atomic E-state index is 0.366. The predicted octanol–water partition coefficient (Wildman–Crippen LogP) is 3.68. The van der Waals surface area contributed by atoms with Gasteiger partial charge in [0.25, 0.3) is 0 Å². The molecule has 1 aromatic carbocycles. The zero-order chi connectivity index (χ0) is 15.8. The maximum atomic E-state index is 4.49. The summed E-state index contributed by atoms with van der Waals surface area (Å²) in [5.41, 5.74) is 2.90. The second-order valence-electron chi connectivity index (χ2n) is 6.95. The number of rotatable bonds is 4. The lowest BCUT2D eigenvalue weighted by Gasteiger charge is -2.34. The summed E-state index contributed by atoms with van der Waals surface area (Å²) < 4.78 is 2.05. The second kappa shape index (κ2) is 5.93. The molecule has 0 N–H and O–H groups in total. The van der Waals surface area contributed by atoms with E-state index in [4.69, 9.17) is 0 Å². The maximum absolute atomic E-state index is 4.49. The monoisotopic (exact) mass is 308 g/mol. The van der Waals surface area contributed by atoms with Gasteiger partial charge in [0, 0.05) is 18.1 Å². The van der Waals surface area contributed by atoms with Crippen LogP contribution in [-0.4, -0.2) is 31.7 Å². The van der Waals surface area contributed by atoms with Crippen LogP contribution < -0.4 is 0 Å². The Morgan fingerprint density at radius 3 is 2.74 bits per heavy atom. The highest BCUT2D eigenvalue weighted by molar-refractivity contribution is 5.68. The first-order chi connectivity index (χ1) is 11.2. The van der Waals surface area contributed by atoms with E-state index < -0.39 is 0 Å². The van der Waals surface area contributed by atoms with Crippen LogP contribution in [0.2, 0.25) is 0 Å². The summed E-state index contributed by atoms with van der Waals surface area (Å²) >= 11 is 0. The SMILES string of the molecule is CC(C)n1ncnc1CN1[C@@H]2CC[C@@H]1C=C(c1ccccc1)C2. The molecule has 1 saturated heterocycles. The van der Waals surface area contributed by atoms with Crippen LogP contribution in [0.1, 0.15) is 50.5 Å². The van der Waals surface area contributed by atoms with Crippen LogP contribution >= 0.6 is 0 Å². The smallest absolute Gasteiger partial charge is 0.141 e. The summed E-state index contributed by atoms with van der Waals surface area (Å²) in [5.74, 6) is 1.09. The summed E-state index contributed by atoms with van der Waals surface area (Å²) in [6.07, 6.45) is 7.86. The first kappa shape index (κ1) is 14.6. The predicted molar refractivity (Wildman–Crippen MR) is 91.8 cm³/mol. The molecule has 120 valence electrons. The van der Waals surface area contributed by atoms with Crippen LogP contribution in [0, 0.1) is 0 Å². The Labute approximate surface area is 137 Å². The molecule has 0 saturated carbocycles. The van der Waals surface area contributed by atoms with Crippen LogP contribution in [0.4, 0.5) is 0 Å². The summed E-state index contributed by atoms with van der Waals surface area (Å²) in [7, 11) is 0. The third-order valence-corrected chi connectivity index (χ3v) is 5.14. The molecule has 2 aliphatic rings. The van der Waals surface area contributed by atoms with E-state index in [1.807, 2.05) is 0 Å². The third-order valence-electron chi connectivity index (χ3n) is 5.14. The van der Waals surface area contributed by atoms with Crippen molar-refractivity contribution >= 4 is 5.57 Å². The highest BCUT2D eigenvalue weighted by Crippen LogP contribution is 2.39. The number of hydrogen-bond donors (Lipinski definition) is 0. The van der Waals surface area contributed by atoms with Gasteiger partial charge in [-0.05, 0) is 44.2 Å². The lowest BCUT2D eigenvalue weighted by molar-refractivity contribution is 0.193. The molecule has 0 radical (unpaired) electrons. The maximum Gasteiger partial charge on any atom is 0.141 e. The normalized spacial score (nSPS) is 24.2. The number of hydrogen-bond acceptors (Lipinski definition) is 3. The van der Waals surface area contributed by atoms with Crippen molar-refractivity contribution in [2.75, 3.05) is 0 Å². The van der Waals surface area contributed by atoms with Crippen molar-refractivity contribution < 1.29 is 0 Å². The van der Waals surface area contributed by atoms with Crippen molar-refractivity contribution in [2.24, 2.45) is 0 Å². The molecular weight excluding hydrogens is 284 g/mol. The van der Waals surface area contributed by atoms with Crippen LogP contribution in [0.25, 0.3) is 5.57 Å². The molecule has 2 aromatic rings. The van der Waals surface area contributed by atoms with E-state index in [9.17, 15) is 0 Å². The van der Waals surface area contributed by atoms with Gasteiger partial charge in [0.15, 0.2) is 0 Å². The fourth-order valence-corrected chi connectivity index (χ4v) is 4.01. The van der Waals surface area contributed by atoms with Gasteiger partial charge in [0.1, 0.15) is 12.2 Å². The summed E-state index contributed by atoms with van der Waals surface area (Å²) in [4.78, 5) is 7.12. The topological polar surface area (TPSA) is 34.0 Å². The van der Waals surface area contributed by atoms with E-state index in [1.165, 1.54) is 24.0 Å². The first-order valence-corrected chi connectivity index (χ1v) is 8.62. The van der Waals surface area contributed by atoms with Gasteiger partial charge < -0.3 is 0 Å². The molecule has 1 fully saturated rings. The minimum Gasteiger partial charge on any atom is -0.286 e. The molecule has 2 bridgehead atoms. The highest BCUT2D eigenvalue weighted by atomic mass is 15.4. The largest absolute Gasteiger partial charge is 0.286 e. The second-order valence-corrected chi connectivity index (χ2v) is 6.95. The Balaban J connectivity index is 1.56. The molecule has 23 heavy (non-hydrogen) atoms. The van der Waals surface area contributed by atoms with Crippen LogP contribution in [0.15, 0.2) is 42.7 Å². The van der Waals surface area contributed by atoms with E-state index in [0.29, 0.717) is 18.1 Å². The van der Waals surface area contributed by atoms with Gasteiger partial charge in [-0.25, -0.2) is 9.67 Å². The molecular formula is C19H24N4. The van der Waals surface area contributed by atoms with E-state index in [1.54, 1.807) is 6.33 Å². The number of benzene rings is 1. The van der Waals surface area contributed by atoms with Crippen molar-refractivity contribution in [3.05, 3.63) is 54.1 Å². The molecule has 3 heterocycles. The molecule has 2 aliphatic heterocycles. The number of aromatic nitrogens is 3. The Bertz CT molecular complexity index is 701. The van der Waals surface area contributed by atoms with Gasteiger partial charge >= 0.3 is 0 Å². The van der Waals surface area contributed by atoms with E-state index in [0.717, 1.165) is 18.8 Å². The lowest BCUT2D eigenvalue weighted by atomic mass is 9.95. The highest BCUT2D eigenvalue weighted by Gasteiger charge is 2.37. The van der Waals surface area contributed by atoms with Crippen molar-refractivity contribution in [1.82, 2.24) is 19.7 Å². The lowest BCUT2D eigenvalue weighted by Crippen LogP contribution is -2.38. The van der Waals surface area contributed by atoms with E-state index in [2.05, 4.69) is 69.9 Å². The molecule has 4 rings (SSSR count). The number of nitrogens with zero attached hydrogens (tertiary/aromatic N) is 4. The molecule has 0 amide bonds. The van der Waals surface area contributed by atoms with Gasteiger partial charge in [-0.15, -0.1) is 0 Å². The van der Waals surface area contributed by atoms with Crippen LogP contribution in [-0.2, 0) is 6.54 Å². The zero-order valence-electron chi connectivity index (χ0n) is 13.9. The minimum atomic E-state index is 0.366. The molecule has 1 aromatic heterocycles. The van der Waals surface area contributed by atoms with Crippen LogP contribution in [0.3, 0.4) is 0 Å². The zero-order valence-corrected chi connectivity index (χ0v) is 13.9. The molecule has 0 unspecified atom stereocenters. The molecule has 4 heteroatoms. The van der Waals surface area contributed by atoms with E-state index in [-0.39, 0.29) is 0 Å². The Morgan fingerprint density at radius 1 is 1.17 bits per heavy atom. The molecule has 2 atom stereocenters. The quantitative estimate of drug-likeness (QED) is 0.864. The van der Waals surface area contributed by atoms with E-state index >= 15 is 0 Å². The average Bonchev–Trinajstić information content (AvgIpc) is 3.11. The number of fused-ring (bicyclic) bond motifs is 2. The van der Waals surface area contributed by atoms with Crippen molar-refractivity contribution in [3.8, 4) is 0 Å². The average molecular weight is 308 g/mol. The van der Waals surface area contributed by atoms with Crippen molar-refractivity contribution in [1.29, 1.82) is 0 Å².